The second-order valence-corrected chi connectivity index (χ2v) is 28.7. The molecule has 13 rings (SSSR count). The van der Waals surface area contributed by atoms with Crippen molar-refractivity contribution in [1.29, 1.82) is 0 Å². The molecule has 1 saturated heterocycles. The summed E-state index contributed by atoms with van der Waals surface area (Å²) in [6, 6.07) is 19.3. The van der Waals surface area contributed by atoms with E-state index in [0.717, 1.165) is 65.6 Å². The first-order chi connectivity index (χ1) is 48.0. The number of carboxylic acid groups (broad SMARTS) is 2. The van der Waals surface area contributed by atoms with Gasteiger partial charge in [-0.3, -0.25) is 29.3 Å². The number of para-hydroxylation sites is 1. The number of thiazole rings is 1. The van der Waals surface area contributed by atoms with Gasteiger partial charge in [0.15, 0.2) is 16.9 Å². The molecule has 4 saturated carbocycles. The summed E-state index contributed by atoms with van der Waals surface area (Å²) in [6.07, 6.45) is 0.715. The van der Waals surface area contributed by atoms with Gasteiger partial charge in [0.2, 0.25) is 6.29 Å². The Morgan fingerprint density at radius 1 is 0.800 bits per heavy atom. The summed E-state index contributed by atoms with van der Waals surface area (Å²) in [5.74, 6) is -2.42. The van der Waals surface area contributed by atoms with Crippen LogP contribution in [0.3, 0.4) is 0 Å². The van der Waals surface area contributed by atoms with Crippen LogP contribution in [0.4, 0.5) is 15.7 Å². The quantitative estimate of drug-likeness (QED) is 0.0183. The average molecular weight is 1400 g/mol. The molecule has 7 atom stereocenters. The smallest absolute Gasteiger partial charge is 0.410 e. The largest absolute Gasteiger partial charge is 0.496 e. The number of aliphatic carboxylic acids is 1. The Kier molecular flexibility index (Phi) is 21.3. The van der Waals surface area contributed by atoms with E-state index >= 15 is 0 Å². The molecular weight excluding hydrogens is 1310 g/mol. The van der Waals surface area contributed by atoms with Crippen LogP contribution in [-0.2, 0) is 64.2 Å². The number of nitrogens with zero attached hydrogens (tertiary/aromatic N) is 7. The summed E-state index contributed by atoms with van der Waals surface area (Å²) in [5.41, 5.74) is 4.22. The molecule has 6 heterocycles. The number of benzene rings is 3. The van der Waals surface area contributed by atoms with Crippen LogP contribution in [0, 0.1) is 23.2 Å². The average Bonchev–Trinajstić information content (AvgIpc) is 0.727. The molecule has 7 N–H and O–H groups in total. The highest BCUT2D eigenvalue weighted by Gasteiger charge is 2.66. The number of carboxylic acids is 2. The predicted molar refractivity (Wildman–Crippen MR) is 362 cm³/mol. The van der Waals surface area contributed by atoms with Gasteiger partial charge in [-0.15, -0.1) is 0 Å². The van der Waals surface area contributed by atoms with E-state index < -0.39 is 54.3 Å². The number of carbonyl (C=O) groups is 6. The number of hydrogen-bond donors (Lipinski definition) is 7. The molecule has 3 aromatic carbocycles. The van der Waals surface area contributed by atoms with Gasteiger partial charge in [-0.2, -0.15) is 5.10 Å². The molecule has 534 valence electrons. The van der Waals surface area contributed by atoms with Crippen molar-refractivity contribution in [3.8, 4) is 28.4 Å². The van der Waals surface area contributed by atoms with Crippen LogP contribution in [0.25, 0.3) is 21.3 Å². The SMILES string of the molecule is COCCN(CCOC12CC3(C)CC(C)(CC(Cn4ncc(-c5ccc(N6CCc7c(OC)ccc(C(=O)Nc8nc9ccccc9s8)c7C6)nc5C(=O)O)c4C)(C3)C1)C2)C(=O)OCc1ccc(O[C@@H]2O[C@H](C(=O)O)[C@@H](O)[C@H](O)[C@H]2O)cc1OCCOCCNCCCN1C(=O)C=CC1=O. The minimum Gasteiger partial charge on any atom is -0.496 e. The molecule has 4 amide bonds. The summed E-state index contributed by atoms with van der Waals surface area (Å²) in [4.78, 5) is 91.1. The van der Waals surface area contributed by atoms with E-state index in [1.807, 2.05) is 46.8 Å². The molecule has 3 aromatic heterocycles. The number of nitrogens with one attached hydrogen (secondary N) is 2. The van der Waals surface area contributed by atoms with E-state index in [2.05, 4.69) is 29.5 Å². The third-order valence-corrected chi connectivity index (χ3v) is 20.8. The number of aromatic carboxylic acids is 1. The van der Waals surface area contributed by atoms with Crippen LogP contribution in [-0.4, -0.2) is 214 Å². The fourth-order valence-electron chi connectivity index (χ4n) is 16.5. The molecule has 0 spiro atoms. The second-order valence-electron chi connectivity index (χ2n) is 27.7. The Morgan fingerprint density at radius 3 is 2.31 bits per heavy atom. The number of amides is 4. The molecule has 5 fully saturated rings. The summed E-state index contributed by atoms with van der Waals surface area (Å²) in [6.45, 7) is 10.2. The van der Waals surface area contributed by atoms with Gasteiger partial charge >= 0.3 is 18.0 Å². The summed E-state index contributed by atoms with van der Waals surface area (Å²) >= 11 is 1.39. The highest BCUT2D eigenvalue weighted by molar-refractivity contribution is 7.22. The Morgan fingerprint density at radius 2 is 1.57 bits per heavy atom. The maximum absolute atomic E-state index is 14.2. The zero-order chi connectivity index (χ0) is 70.7. The molecule has 6 aromatic rings. The van der Waals surface area contributed by atoms with E-state index in [0.29, 0.717) is 84.6 Å². The zero-order valence-corrected chi connectivity index (χ0v) is 57.3. The molecule has 28 nitrogen and oxygen atoms in total. The molecule has 29 heteroatoms. The molecule has 100 heavy (non-hydrogen) atoms. The number of imide groups is 1. The maximum atomic E-state index is 14.2. The fraction of sp³-hybridized carbons (Fsp3) is 0.507. The van der Waals surface area contributed by atoms with E-state index in [-0.39, 0.29) is 110 Å². The number of hydrogen-bond acceptors (Lipinski definition) is 23. The predicted octanol–water partition coefficient (Wildman–Crippen LogP) is 6.38. The Hall–Kier alpha value is -8.65. The van der Waals surface area contributed by atoms with Gasteiger partial charge in [-0.25, -0.2) is 24.4 Å². The lowest BCUT2D eigenvalue weighted by Crippen LogP contribution is -2.64. The van der Waals surface area contributed by atoms with Crippen molar-refractivity contribution in [2.45, 2.75) is 128 Å². The van der Waals surface area contributed by atoms with Crippen LogP contribution in [0.15, 0.2) is 85.1 Å². The molecule has 4 aliphatic carbocycles. The van der Waals surface area contributed by atoms with E-state index in [9.17, 15) is 54.3 Å². The molecule has 7 aliphatic rings. The summed E-state index contributed by atoms with van der Waals surface area (Å²) in [7, 11) is 3.14. The molecular formula is C71H85N9O19S. The lowest BCUT2D eigenvalue weighted by atomic mass is 9.39. The fourth-order valence-corrected chi connectivity index (χ4v) is 17.4. The van der Waals surface area contributed by atoms with Crippen LogP contribution < -0.4 is 29.7 Å². The topological polar surface area (TPSA) is 355 Å². The van der Waals surface area contributed by atoms with E-state index in [1.165, 1.54) is 52.5 Å². The normalized spacial score (nSPS) is 25.1. The number of carbonyl (C=O) groups excluding carboxylic acids is 4. The lowest BCUT2D eigenvalue weighted by molar-refractivity contribution is -0.271. The Balaban J connectivity index is 0.690. The highest BCUT2D eigenvalue weighted by Crippen LogP contribution is 2.72. The number of rotatable bonds is 31. The number of fused-ring (bicyclic) bond motifs is 2. The Bertz CT molecular complexity index is 4020. The van der Waals surface area contributed by atoms with Gasteiger partial charge in [-0.1, -0.05) is 37.3 Å². The van der Waals surface area contributed by atoms with Crippen LogP contribution >= 0.6 is 11.3 Å². The number of aliphatic hydroxyl groups excluding tert-OH is 3. The second kappa shape index (κ2) is 29.9. The van der Waals surface area contributed by atoms with Crippen molar-refractivity contribution in [2.24, 2.45) is 16.2 Å². The molecule has 3 aliphatic heterocycles. The van der Waals surface area contributed by atoms with Crippen LogP contribution in [0.1, 0.15) is 102 Å². The summed E-state index contributed by atoms with van der Waals surface area (Å²) in [5, 5.41) is 63.5. The first-order valence-electron chi connectivity index (χ1n) is 33.6. The number of anilines is 2. The highest BCUT2D eigenvalue weighted by atomic mass is 32.1. The standard InChI is InChI=1S/C71H85N9O19S/c1-42-48(46-14-16-54(75-57(46)63(87)88)78-23-19-45-49(33-78)47(13-15-51(45)93-5)62(86)76-66-74-50-9-6-7-10-53(50)100-66)32-73-80(42)41-70-36-68(2)35-69(3,37-70)39-71(38-68,40-70)97-28-25-77(24-27-92-4)67(91)96-34-43-11-12-44(98-65-60(85)58(83)59(84)61(99-65)64(89)90)31-52(43)95-30-29-94-26-21-72-20-8-22-79-55(81)17-18-56(79)82/h6-7,9-18,31-32,58-61,65,72,83-85H,8,19-30,33-41H2,1-5H3,(H,87,88)(H,89,90)(H,74,76,86)/t58-,59-,60+,61-,65+,68?,69?,70?,71?/m0/s1. The molecule has 2 unspecified atom stereocenters. The van der Waals surface area contributed by atoms with Crippen molar-refractivity contribution >= 4 is 68.3 Å². The van der Waals surface area contributed by atoms with E-state index in [1.54, 1.807) is 37.6 Å². The van der Waals surface area contributed by atoms with Crippen LogP contribution in [0.2, 0.25) is 0 Å². The van der Waals surface area contributed by atoms with E-state index in [4.69, 9.17) is 48.0 Å². The Labute approximate surface area is 581 Å². The van der Waals surface area contributed by atoms with Gasteiger partial charge in [0.25, 0.3) is 17.7 Å². The van der Waals surface area contributed by atoms with Gasteiger partial charge in [0.05, 0.1) is 55.6 Å². The first-order valence-corrected chi connectivity index (χ1v) is 34.4. The number of pyridine rings is 1. The number of ether oxygens (including phenoxy) is 8. The van der Waals surface area contributed by atoms with Gasteiger partial charge in [-0.05, 0) is 135 Å². The number of aliphatic hydroxyl groups is 3. The third-order valence-electron chi connectivity index (χ3n) is 19.9. The minimum absolute atomic E-state index is 0.0142. The lowest BCUT2D eigenvalue weighted by Gasteiger charge is -2.69. The van der Waals surface area contributed by atoms with Crippen molar-refractivity contribution in [3.05, 3.63) is 119 Å². The third kappa shape index (κ3) is 15.5. The van der Waals surface area contributed by atoms with Gasteiger partial charge in [0.1, 0.15) is 54.6 Å². The number of methoxy groups -OCH3 is 2. The van der Waals surface area contributed by atoms with Gasteiger partial charge < -0.3 is 78.5 Å². The maximum Gasteiger partial charge on any atom is 0.410 e. The zero-order valence-electron chi connectivity index (χ0n) is 56.5. The monoisotopic (exact) mass is 1400 g/mol. The molecule has 0 radical (unpaired) electrons. The first kappa shape index (κ1) is 71.2. The van der Waals surface area contributed by atoms with Crippen molar-refractivity contribution in [3.63, 3.8) is 0 Å². The minimum atomic E-state index is -1.93. The van der Waals surface area contributed by atoms with Crippen molar-refractivity contribution < 1.29 is 92.2 Å². The summed E-state index contributed by atoms with van der Waals surface area (Å²) < 4.78 is 50.3. The number of aromatic nitrogens is 4. The van der Waals surface area contributed by atoms with Crippen molar-refractivity contribution in [2.75, 3.05) is 96.7 Å². The van der Waals surface area contributed by atoms with Gasteiger partial charge in [0, 0.05) is 105 Å². The van der Waals surface area contributed by atoms with Crippen molar-refractivity contribution in [1.82, 2.24) is 34.9 Å². The van der Waals surface area contributed by atoms with Crippen LogP contribution in [0.5, 0.6) is 17.2 Å². The molecule has 4 bridgehead atoms.